The van der Waals surface area contributed by atoms with E-state index in [0.29, 0.717) is 11.5 Å². The maximum Gasteiger partial charge on any atom is 0.0795 e. The highest BCUT2D eigenvalue weighted by Crippen LogP contribution is 2.43. The van der Waals surface area contributed by atoms with Gasteiger partial charge in [0.15, 0.2) is 0 Å². The molecular formula is C12H20N2S. The monoisotopic (exact) mass is 224 g/mol. The summed E-state index contributed by atoms with van der Waals surface area (Å²) in [5.41, 5.74) is 3.70. The second kappa shape index (κ2) is 4.62. The number of aromatic nitrogens is 1. The van der Waals surface area contributed by atoms with Crippen molar-refractivity contribution in [3.63, 3.8) is 0 Å². The number of thiazole rings is 1. The Morgan fingerprint density at radius 2 is 2.40 bits per heavy atom. The van der Waals surface area contributed by atoms with Crippen molar-refractivity contribution < 1.29 is 0 Å². The van der Waals surface area contributed by atoms with Crippen molar-refractivity contribution in [2.24, 2.45) is 5.41 Å². The molecule has 1 aromatic heterocycles. The summed E-state index contributed by atoms with van der Waals surface area (Å²) in [7, 11) is 0. The summed E-state index contributed by atoms with van der Waals surface area (Å²) in [5, 5.41) is 5.76. The van der Waals surface area contributed by atoms with E-state index >= 15 is 0 Å². The second-order valence-corrected chi connectivity index (χ2v) is 5.44. The second-order valence-electron chi connectivity index (χ2n) is 4.72. The fourth-order valence-corrected chi connectivity index (χ4v) is 2.89. The number of hydrogen-bond donors (Lipinski definition) is 1. The van der Waals surface area contributed by atoms with Crippen LogP contribution in [0.25, 0.3) is 0 Å². The van der Waals surface area contributed by atoms with Gasteiger partial charge in [0.25, 0.3) is 0 Å². The van der Waals surface area contributed by atoms with E-state index < -0.39 is 0 Å². The highest BCUT2D eigenvalue weighted by molar-refractivity contribution is 7.07. The molecule has 3 heteroatoms. The molecule has 1 unspecified atom stereocenters. The molecule has 0 bridgehead atoms. The maximum atomic E-state index is 4.34. The van der Waals surface area contributed by atoms with E-state index in [1.54, 1.807) is 11.3 Å². The summed E-state index contributed by atoms with van der Waals surface area (Å²) in [6, 6.07) is 0.403. The van der Waals surface area contributed by atoms with Crippen LogP contribution in [0.2, 0.25) is 0 Å². The third-order valence-corrected chi connectivity index (χ3v) is 4.45. The van der Waals surface area contributed by atoms with Gasteiger partial charge in [-0.2, -0.15) is 0 Å². The van der Waals surface area contributed by atoms with Crippen molar-refractivity contribution in [2.75, 3.05) is 6.54 Å². The van der Waals surface area contributed by atoms with Gasteiger partial charge >= 0.3 is 0 Å². The van der Waals surface area contributed by atoms with Crippen LogP contribution in [-0.2, 0) is 0 Å². The molecule has 0 spiro atoms. The highest BCUT2D eigenvalue weighted by Gasteiger charge is 2.34. The van der Waals surface area contributed by atoms with Gasteiger partial charge in [0.05, 0.1) is 11.2 Å². The van der Waals surface area contributed by atoms with Crippen molar-refractivity contribution in [3.8, 4) is 0 Å². The molecule has 2 rings (SSSR count). The molecule has 0 aliphatic heterocycles. The predicted octanol–water partition coefficient (Wildman–Crippen LogP) is 3.37. The summed E-state index contributed by atoms with van der Waals surface area (Å²) in [6.07, 6.45) is 5.53. The lowest BCUT2D eigenvalue weighted by atomic mass is 9.67. The fraction of sp³-hybridized carbons (Fsp3) is 0.750. The van der Waals surface area contributed by atoms with Crippen LogP contribution < -0.4 is 5.32 Å². The topological polar surface area (TPSA) is 24.9 Å². The van der Waals surface area contributed by atoms with Gasteiger partial charge in [-0.05, 0) is 31.6 Å². The Morgan fingerprint density at radius 3 is 2.87 bits per heavy atom. The van der Waals surface area contributed by atoms with E-state index in [4.69, 9.17) is 0 Å². The molecule has 1 saturated carbocycles. The minimum absolute atomic E-state index is 0.403. The zero-order valence-corrected chi connectivity index (χ0v) is 10.4. The zero-order chi connectivity index (χ0) is 10.7. The molecule has 0 radical (unpaired) electrons. The molecular weight excluding hydrogens is 204 g/mol. The Hall–Kier alpha value is -0.410. The third kappa shape index (κ3) is 2.40. The first-order valence-corrected chi connectivity index (χ1v) is 6.81. The van der Waals surface area contributed by atoms with Crippen LogP contribution in [0.5, 0.6) is 0 Å². The standard InChI is InChI=1S/C12H20N2S/c1-3-12(5-4-6-12)8-13-10(2)11-7-15-9-14-11/h7,9-10,13H,3-6,8H2,1-2H3. The number of nitrogens with zero attached hydrogens (tertiary/aromatic N) is 1. The van der Waals surface area contributed by atoms with Crippen LogP contribution in [0.4, 0.5) is 0 Å². The van der Waals surface area contributed by atoms with Gasteiger partial charge in [-0.15, -0.1) is 11.3 Å². The van der Waals surface area contributed by atoms with E-state index in [-0.39, 0.29) is 0 Å². The smallest absolute Gasteiger partial charge is 0.0795 e. The van der Waals surface area contributed by atoms with Crippen LogP contribution >= 0.6 is 11.3 Å². The van der Waals surface area contributed by atoms with Crippen LogP contribution in [-0.4, -0.2) is 11.5 Å². The first kappa shape index (κ1) is 11.1. The average Bonchev–Trinajstić information content (AvgIpc) is 2.69. The quantitative estimate of drug-likeness (QED) is 0.829. The summed E-state index contributed by atoms with van der Waals surface area (Å²) in [4.78, 5) is 4.34. The third-order valence-electron chi connectivity index (χ3n) is 3.84. The Labute approximate surface area is 96.1 Å². The molecule has 2 nitrogen and oxygen atoms in total. The van der Waals surface area contributed by atoms with Gasteiger partial charge < -0.3 is 5.32 Å². The predicted molar refractivity (Wildman–Crippen MR) is 65.1 cm³/mol. The summed E-state index contributed by atoms with van der Waals surface area (Å²) >= 11 is 1.68. The first-order valence-electron chi connectivity index (χ1n) is 5.87. The molecule has 1 atom stereocenters. The molecule has 84 valence electrons. The number of rotatable bonds is 5. The van der Waals surface area contributed by atoms with Gasteiger partial charge in [-0.1, -0.05) is 13.3 Å². The van der Waals surface area contributed by atoms with Crippen molar-refractivity contribution in [3.05, 3.63) is 16.6 Å². The van der Waals surface area contributed by atoms with E-state index in [1.165, 1.54) is 31.4 Å². The van der Waals surface area contributed by atoms with Gasteiger partial charge in [0.2, 0.25) is 0 Å². The van der Waals surface area contributed by atoms with E-state index in [0.717, 1.165) is 6.54 Å². The molecule has 15 heavy (non-hydrogen) atoms. The Balaban J connectivity index is 1.82. The largest absolute Gasteiger partial charge is 0.308 e. The van der Waals surface area contributed by atoms with Crippen molar-refractivity contribution in [1.29, 1.82) is 0 Å². The number of nitrogens with one attached hydrogen (secondary N) is 1. The highest BCUT2D eigenvalue weighted by atomic mass is 32.1. The van der Waals surface area contributed by atoms with Crippen LogP contribution in [0.3, 0.4) is 0 Å². The van der Waals surface area contributed by atoms with Crippen LogP contribution in [0, 0.1) is 5.41 Å². The Kier molecular flexibility index (Phi) is 3.42. The molecule has 1 heterocycles. The normalized spacial score (nSPS) is 20.9. The summed E-state index contributed by atoms with van der Waals surface area (Å²) in [5.74, 6) is 0. The molecule has 1 fully saturated rings. The van der Waals surface area contributed by atoms with E-state index in [9.17, 15) is 0 Å². The molecule has 1 aliphatic rings. The van der Waals surface area contributed by atoms with Crippen molar-refractivity contribution in [1.82, 2.24) is 10.3 Å². The van der Waals surface area contributed by atoms with E-state index in [2.05, 4.69) is 29.5 Å². The first-order chi connectivity index (χ1) is 7.26. The summed E-state index contributed by atoms with van der Waals surface area (Å²) in [6.45, 7) is 5.67. The minimum Gasteiger partial charge on any atom is -0.308 e. The molecule has 0 amide bonds. The Bertz CT molecular complexity index is 285. The molecule has 1 aromatic rings. The van der Waals surface area contributed by atoms with Crippen molar-refractivity contribution >= 4 is 11.3 Å². The molecule has 1 N–H and O–H groups in total. The lowest BCUT2D eigenvalue weighted by Gasteiger charge is -2.42. The SMILES string of the molecule is CCC1(CNC(C)c2cscn2)CCC1. The van der Waals surface area contributed by atoms with Gasteiger partial charge in [0, 0.05) is 18.0 Å². The number of hydrogen-bond acceptors (Lipinski definition) is 3. The minimum atomic E-state index is 0.403. The van der Waals surface area contributed by atoms with Crippen molar-refractivity contribution in [2.45, 2.75) is 45.6 Å². The maximum absolute atomic E-state index is 4.34. The van der Waals surface area contributed by atoms with Crippen LogP contribution in [0.15, 0.2) is 10.9 Å². The van der Waals surface area contributed by atoms with Crippen LogP contribution in [0.1, 0.15) is 51.3 Å². The van der Waals surface area contributed by atoms with Gasteiger partial charge in [-0.25, -0.2) is 4.98 Å². The van der Waals surface area contributed by atoms with E-state index in [1.807, 2.05) is 5.51 Å². The summed E-state index contributed by atoms with van der Waals surface area (Å²) < 4.78 is 0. The molecule has 0 saturated heterocycles. The average molecular weight is 224 g/mol. The van der Waals surface area contributed by atoms with Gasteiger partial charge in [0.1, 0.15) is 0 Å². The lowest BCUT2D eigenvalue weighted by Crippen LogP contribution is -2.40. The van der Waals surface area contributed by atoms with Gasteiger partial charge in [-0.3, -0.25) is 0 Å². The lowest BCUT2D eigenvalue weighted by molar-refractivity contribution is 0.120. The molecule has 1 aliphatic carbocycles. The molecule has 0 aromatic carbocycles. The Morgan fingerprint density at radius 1 is 1.60 bits per heavy atom. The zero-order valence-electron chi connectivity index (χ0n) is 9.62. The fourth-order valence-electron chi connectivity index (χ4n) is 2.24.